The first kappa shape index (κ1) is 13.5. The molecule has 0 amide bonds. The molecule has 1 nitrogen and oxygen atoms in total. The van der Waals surface area contributed by atoms with Crippen LogP contribution in [0.25, 0.3) is 5.70 Å². The van der Waals surface area contributed by atoms with Crippen LogP contribution in [0.2, 0.25) is 0 Å². The normalized spacial score (nSPS) is 15.4. The van der Waals surface area contributed by atoms with Crippen LogP contribution in [-0.4, -0.2) is 11.4 Å². The first-order chi connectivity index (χ1) is 8.95. The van der Waals surface area contributed by atoms with Crippen molar-refractivity contribution in [3.8, 4) is 0 Å². The molecule has 0 atom stereocenters. The molecule has 4 heteroatoms. The highest BCUT2D eigenvalue weighted by molar-refractivity contribution is 5.71. The Kier molecular flexibility index (Phi) is 3.51. The van der Waals surface area contributed by atoms with Crippen LogP contribution < -0.4 is 0 Å². The molecule has 0 fully saturated rings. The van der Waals surface area contributed by atoms with Gasteiger partial charge >= 0.3 is 0 Å². The summed E-state index contributed by atoms with van der Waals surface area (Å²) in [7, 11) is 0. The Labute approximate surface area is 110 Å². The number of benzene rings is 1. The Hall–Kier alpha value is -1.97. The van der Waals surface area contributed by atoms with Crippen molar-refractivity contribution in [1.82, 2.24) is 4.90 Å². The molecule has 19 heavy (non-hydrogen) atoms. The summed E-state index contributed by atoms with van der Waals surface area (Å²) in [6, 6.07) is 1.36. The quantitative estimate of drug-likeness (QED) is 0.773. The minimum absolute atomic E-state index is 0.229. The van der Waals surface area contributed by atoms with Crippen molar-refractivity contribution in [3.05, 3.63) is 65.1 Å². The fourth-order valence-electron chi connectivity index (χ4n) is 2.11. The van der Waals surface area contributed by atoms with Crippen molar-refractivity contribution in [3.63, 3.8) is 0 Å². The molecule has 1 aliphatic rings. The molecule has 0 spiro atoms. The Morgan fingerprint density at radius 1 is 1.11 bits per heavy atom. The zero-order valence-corrected chi connectivity index (χ0v) is 10.8. The first-order valence-corrected chi connectivity index (χ1v) is 5.96. The van der Waals surface area contributed by atoms with Crippen molar-refractivity contribution in [2.24, 2.45) is 0 Å². The molecule has 0 bridgehead atoms. The Balaban J connectivity index is 2.61. The molecule has 0 unspecified atom stereocenters. The maximum atomic E-state index is 13.8. The second-order valence-electron chi connectivity index (χ2n) is 4.34. The number of halogens is 3. The molecule has 2 rings (SSSR count). The van der Waals surface area contributed by atoms with E-state index in [0.29, 0.717) is 30.1 Å². The van der Waals surface area contributed by atoms with Gasteiger partial charge in [-0.25, -0.2) is 13.2 Å². The lowest BCUT2D eigenvalue weighted by molar-refractivity contribution is 0.495. The van der Waals surface area contributed by atoms with Crippen molar-refractivity contribution in [2.45, 2.75) is 13.8 Å². The van der Waals surface area contributed by atoms with Crippen LogP contribution in [0.15, 0.2) is 42.1 Å². The molecular weight excluding hydrogens is 251 g/mol. The molecule has 0 radical (unpaired) electrons. The smallest absolute Gasteiger partial charge is 0.138 e. The second kappa shape index (κ2) is 4.96. The van der Waals surface area contributed by atoms with Gasteiger partial charge in [0.2, 0.25) is 0 Å². The zero-order valence-electron chi connectivity index (χ0n) is 10.8. The van der Waals surface area contributed by atoms with Gasteiger partial charge in [-0.05, 0) is 25.5 Å². The molecule has 0 N–H and O–H groups in total. The summed E-state index contributed by atoms with van der Waals surface area (Å²) < 4.78 is 40.6. The van der Waals surface area contributed by atoms with Gasteiger partial charge in [0.1, 0.15) is 17.5 Å². The largest absolute Gasteiger partial charge is 0.341 e. The van der Waals surface area contributed by atoms with Crippen LogP contribution in [0, 0.1) is 17.5 Å². The average molecular weight is 265 g/mol. The van der Waals surface area contributed by atoms with E-state index in [2.05, 4.69) is 6.58 Å². The lowest BCUT2D eigenvalue weighted by Gasteiger charge is -2.31. The van der Waals surface area contributed by atoms with E-state index in [9.17, 15) is 13.2 Å². The van der Waals surface area contributed by atoms with Gasteiger partial charge in [-0.2, -0.15) is 0 Å². The van der Waals surface area contributed by atoms with Crippen LogP contribution in [0.4, 0.5) is 13.2 Å². The topological polar surface area (TPSA) is 3.24 Å². The van der Waals surface area contributed by atoms with Gasteiger partial charge < -0.3 is 4.90 Å². The minimum Gasteiger partial charge on any atom is -0.341 e. The lowest BCUT2D eigenvalue weighted by atomic mass is 10.0. The Morgan fingerprint density at radius 2 is 1.68 bits per heavy atom. The van der Waals surface area contributed by atoms with E-state index in [1.807, 2.05) is 13.8 Å². The van der Waals surface area contributed by atoms with E-state index in [4.69, 9.17) is 0 Å². The van der Waals surface area contributed by atoms with Crippen LogP contribution in [0.1, 0.15) is 19.4 Å². The fraction of sp³-hybridized carbons (Fsp3) is 0.200. The van der Waals surface area contributed by atoms with Gasteiger partial charge in [-0.15, -0.1) is 0 Å². The average Bonchev–Trinajstić information content (AvgIpc) is 2.32. The van der Waals surface area contributed by atoms with Gasteiger partial charge in [0.05, 0.1) is 11.3 Å². The summed E-state index contributed by atoms with van der Waals surface area (Å²) in [5.74, 6) is -2.75. The summed E-state index contributed by atoms with van der Waals surface area (Å²) in [6.45, 7) is 8.15. The highest BCUT2D eigenvalue weighted by atomic mass is 19.1. The highest BCUT2D eigenvalue weighted by Crippen LogP contribution is 2.33. The van der Waals surface area contributed by atoms with Crippen molar-refractivity contribution in [1.29, 1.82) is 0 Å². The summed E-state index contributed by atoms with van der Waals surface area (Å²) in [5.41, 5.74) is 1.73. The van der Waals surface area contributed by atoms with E-state index in [1.165, 1.54) is 0 Å². The van der Waals surface area contributed by atoms with Crippen LogP contribution in [0.5, 0.6) is 0 Å². The minimum atomic E-state index is -0.927. The lowest BCUT2D eigenvalue weighted by Crippen LogP contribution is -2.24. The van der Waals surface area contributed by atoms with Crippen LogP contribution in [0.3, 0.4) is 0 Å². The van der Waals surface area contributed by atoms with Gasteiger partial charge in [-0.1, -0.05) is 12.7 Å². The predicted octanol–water partition coefficient (Wildman–Crippen LogP) is 4.24. The molecular formula is C15H14F3N. The van der Waals surface area contributed by atoms with Crippen molar-refractivity contribution < 1.29 is 13.2 Å². The summed E-state index contributed by atoms with van der Waals surface area (Å²) >= 11 is 0. The maximum absolute atomic E-state index is 13.8. The number of hydrogen-bond donors (Lipinski definition) is 0. The molecule has 1 heterocycles. The molecule has 1 aromatic carbocycles. The van der Waals surface area contributed by atoms with E-state index >= 15 is 0 Å². The standard InChI is InChI=1S/C15H14F3N/c1-4-19-10(3)9(2)5-6-14(19)15-12(17)7-11(16)8-13(15)18/h5-8H,3-4H2,1-2H3. The third-order valence-electron chi connectivity index (χ3n) is 3.14. The summed E-state index contributed by atoms with van der Waals surface area (Å²) in [5, 5.41) is 0. The van der Waals surface area contributed by atoms with Crippen molar-refractivity contribution in [2.75, 3.05) is 6.54 Å². The van der Waals surface area contributed by atoms with Crippen molar-refractivity contribution >= 4 is 5.70 Å². The molecule has 0 saturated carbocycles. The number of allylic oxidation sites excluding steroid dienone is 3. The molecule has 0 aliphatic carbocycles. The highest BCUT2D eigenvalue weighted by Gasteiger charge is 2.23. The number of hydrogen-bond acceptors (Lipinski definition) is 1. The zero-order chi connectivity index (χ0) is 14.2. The SMILES string of the molecule is C=C1C(C)=CC=C(c2c(F)cc(F)cc2F)N1CC. The molecule has 1 aliphatic heterocycles. The maximum Gasteiger partial charge on any atom is 0.138 e. The second-order valence-corrected chi connectivity index (χ2v) is 4.34. The molecule has 100 valence electrons. The number of rotatable bonds is 2. The molecule has 0 aromatic heterocycles. The van der Waals surface area contributed by atoms with E-state index < -0.39 is 17.5 Å². The Bertz CT molecular complexity index is 576. The number of nitrogens with zero attached hydrogens (tertiary/aromatic N) is 1. The van der Waals surface area contributed by atoms with E-state index in [1.54, 1.807) is 17.1 Å². The van der Waals surface area contributed by atoms with Gasteiger partial charge in [0, 0.05) is 24.4 Å². The monoisotopic (exact) mass is 265 g/mol. The molecule has 0 saturated heterocycles. The summed E-state index contributed by atoms with van der Waals surface area (Å²) in [6.07, 6.45) is 3.36. The van der Waals surface area contributed by atoms with E-state index in [0.717, 1.165) is 5.57 Å². The van der Waals surface area contributed by atoms with Crippen LogP contribution in [-0.2, 0) is 0 Å². The third-order valence-corrected chi connectivity index (χ3v) is 3.14. The number of likely N-dealkylation sites (N-methyl/N-ethyl adjacent to an activating group) is 1. The summed E-state index contributed by atoms with van der Waals surface area (Å²) in [4.78, 5) is 1.70. The predicted molar refractivity (Wildman–Crippen MR) is 69.6 cm³/mol. The van der Waals surface area contributed by atoms with Crippen LogP contribution >= 0.6 is 0 Å². The van der Waals surface area contributed by atoms with Gasteiger partial charge in [-0.3, -0.25) is 0 Å². The first-order valence-electron chi connectivity index (χ1n) is 5.96. The molecule has 1 aromatic rings. The van der Waals surface area contributed by atoms with Gasteiger partial charge in [0.25, 0.3) is 0 Å². The Morgan fingerprint density at radius 3 is 2.21 bits per heavy atom. The van der Waals surface area contributed by atoms with Gasteiger partial charge in [0.15, 0.2) is 0 Å². The van der Waals surface area contributed by atoms with E-state index in [-0.39, 0.29) is 5.56 Å². The fourth-order valence-corrected chi connectivity index (χ4v) is 2.11. The third kappa shape index (κ3) is 2.30.